The zero-order valence-corrected chi connectivity index (χ0v) is 42.0. The fraction of sp³-hybridized carbons (Fsp3) is 0.644. The molecule has 0 aromatic carbocycles. The van der Waals surface area contributed by atoms with E-state index in [0.717, 1.165) is 109 Å². The van der Waals surface area contributed by atoms with Crippen molar-refractivity contribution in [1.29, 1.82) is 0 Å². The van der Waals surface area contributed by atoms with Gasteiger partial charge in [0.15, 0.2) is 6.10 Å². The summed E-state index contributed by atoms with van der Waals surface area (Å²) >= 11 is 0. The first-order chi connectivity index (χ1) is 32.0. The summed E-state index contributed by atoms with van der Waals surface area (Å²) in [6.45, 7) is 6.39. The SMILES string of the molecule is CC/C=C\C/C=C\C/C=C\CCCCCCCCC(=O)OC(COC(=O)CC/C=C\C/C=C\CCCCCCCC)COC(=O)CCCCCCC\C=C/C=C\C=C/C=C\CCCCC. The molecule has 1 unspecified atom stereocenters. The number of rotatable bonds is 46. The summed E-state index contributed by atoms with van der Waals surface area (Å²) in [5, 5.41) is 0. The van der Waals surface area contributed by atoms with E-state index >= 15 is 0 Å². The lowest BCUT2D eigenvalue weighted by molar-refractivity contribution is -0.166. The third kappa shape index (κ3) is 50.9. The van der Waals surface area contributed by atoms with Crippen molar-refractivity contribution in [3.8, 4) is 0 Å². The van der Waals surface area contributed by atoms with Gasteiger partial charge in [0, 0.05) is 19.3 Å². The van der Waals surface area contributed by atoms with Crippen LogP contribution in [0.1, 0.15) is 226 Å². The molecule has 0 saturated heterocycles. The molecule has 65 heavy (non-hydrogen) atoms. The van der Waals surface area contributed by atoms with Crippen LogP contribution in [0.5, 0.6) is 0 Å². The first-order valence-corrected chi connectivity index (χ1v) is 26.4. The highest BCUT2D eigenvalue weighted by atomic mass is 16.6. The lowest BCUT2D eigenvalue weighted by atomic mass is 10.1. The second-order valence-corrected chi connectivity index (χ2v) is 17.1. The highest BCUT2D eigenvalue weighted by Crippen LogP contribution is 2.13. The topological polar surface area (TPSA) is 78.9 Å². The van der Waals surface area contributed by atoms with Gasteiger partial charge in [-0.3, -0.25) is 14.4 Å². The average Bonchev–Trinajstić information content (AvgIpc) is 3.30. The molecule has 0 aromatic rings. The van der Waals surface area contributed by atoms with E-state index in [-0.39, 0.29) is 37.5 Å². The number of carbonyl (C=O) groups is 3. The standard InChI is InChI=1S/C59H96O6/c1-4-7-10-13-16-19-22-25-27-29-30-32-34-37-40-43-46-49-52-58(61)64-55-56(54-63-57(60)51-48-45-42-39-36-33-24-21-18-15-12-9-6-3)65-59(62)53-50-47-44-41-38-35-31-28-26-23-20-17-14-11-8-5-2/h8,11,16-17,19-20,22,25-30,32-33,36,42,45,56H,4-7,9-10,12-15,18,21,23-24,31,34-35,37-41,43-44,46-55H2,1-3H3/b11-8-,19-16-,20-17-,25-22-,28-26-,29-27-,32-30-,36-33-,45-42-. The smallest absolute Gasteiger partial charge is 0.306 e. The van der Waals surface area contributed by atoms with Crippen LogP contribution in [0.3, 0.4) is 0 Å². The van der Waals surface area contributed by atoms with E-state index in [9.17, 15) is 14.4 Å². The van der Waals surface area contributed by atoms with Gasteiger partial charge in [-0.1, -0.05) is 220 Å². The minimum atomic E-state index is -0.819. The zero-order chi connectivity index (χ0) is 47.2. The summed E-state index contributed by atoms with van der Waals surface area (Å²) in [6, 6.07) is 0. The Hall–Kier alpha value is -3.93. The number of allylic oxidation sites excluding steroid dienone is 18. The maximum atomic E-state index is 12.8. The summed E-state index contributed by atoms with van der Waals surface area (Å²) in [6.07, 6.45) is 70.8. The number of hydrogen-bond donors (Lipinski definition) is 0. The van der Waals surface area contributed by atoms with Crippen LogP contribution < -0.4 is 0 Å². The monoisotopic (exact) mass is 901 g/mol. The van der Waals surface area contributed by atoms with Gasteiger partial charge < -0.3 is 14.2 Å². The van der Waals surface area contributed by atoms with Gasteiger partial charge >= 0.3 is 17.9 Å². The molecule has 0 aromatic heterocycles. The molecule has 0 bridgehead atoms. The minimum absolute atomic E-state index is 0.115. The van der Waals surface area contributed by atoms with Gasteiger partial charge in [-0.15, -0.1) is 0 Å². The van der Waals surface area contributed by atoms with E-state index in [1.807, 2.05) is 6.08 Å². The third-order valence-corrected chi connectivity index (χ3v) is 10.8. The van der Waals surface area contributed by atoms with Crippen molar-refractivity contribution in [3.63, 3.8) is 0 Å². The number of unbranched alkanes of at least 4 members (excludes halogenated alkanes) is 20. The first kappa shape index (κ1) is 61.1. The van der Waals surface area contributed by atoms with Crippen LogP contribution >= 0.6 is 0 Å². The molecule has 6 nitrogen and oxygen atoms in total. The van der Waals surface area contributed by atoms with E-state index in [1.54, 1.807) is 0 Å². The van der Waals surface area contributed by atoms with Gasteiger partial charge in [-0.2, -0.15) is 0 Å². The molecule has 6 heteroatoms. The Morgan fingerprint density at radius 3 is 1.20 bits per heavy atom. The molecular formula is C59H96O6. The summed E-state index contributed by atoms with van der Waals surface area (Å²) in [5.74, 6) is -1.02. The molecule has 0 fully saturated rings. The molecule has 1 atom stereocenters. The summed E-state index contributed by atoms with van der Waals surface area (Å²) in [5.41, 5.74) is 0. The van der Waals surface area contributed by atoms with Crippen LogP contribution in [0.25, 0.3) is 0 Å². The lowest BCUT2D eigenvalue weighted by Gasteiger charge is -2.18. The van der Waals surface area contributed by atoms with Gasteiger partial charge in [0.2, 0.25) is 0 Å². The molecule has 368 valence electrons. The van der Waals surface area contributed by atoms with Gasteiger partial charge in [0.05, 0.1) is 0 Å². The predicted molar refractivity (Wildman–Crippen MR) is 279 cm³/mol. The summed E-state index contributed by atoms with van der Waals surface area (Å²) in [4.78, 5) is 38.0. The molecule has 0 aliphatic rings. The quantitative estimate of drug-likeness (QED) is 0.0199. The van der Waals surface area contributed by atoms with Crippen molar-refractivity contribution in [3.05, 3.63) is 109 Å². The molecule has 0 rings (SSSR count). The molecular weight excluding hydrogens is 805 g/mol. The lowest BCUT2D eigenvalue weighted by Crippen LogP contribution is -2.30. The number of ether oxygens (including phenoxy) is 3. The van der Waals surface area contributed by atoms with E-state index in [0.29, 0.717) is 19.3 Å². The fourth-order valence-corrected chi connectivity index (χ4v) is 6.87. The van der Waals surface area contributed by atoms with Crippen LogP contribution in [0.4, 0.5) is 0 Å². The van der Waals surface area contributed by atoms with Crippen LogP contribution in [0.2, 0.25) is 0 Å². The first-order valence-electron chi connectivity index (χ1n) is 26.4. The highest BCUT2D eigenvalue weighted by molar-refractivity contribution is 5.71. The van der Waals surface area contributed by atoms with Crippen LogP contribution in [-0.2, 0) is 28.6 Å². The Labute approximate surface area is 400 Å². The van der Waals surface area contributed by atoms with Crippen LogP contribution in [0, 0.1) is 0 Å². The molecule has 0 heterocycles. The summed E-state index contributed by atoms with van der Waals surface area (Å²) in [7, 11) is 0. The van der Waals surface area contributed by atoms with E-state index < -0.39 is 6.10 Å². The van der Waals surface area contributed by atoms with Crippen LogP contribution in [-0.4, -0.2) is 37.2 Å². The van der Waals surface area contributed by atoms with E-state index in [2.05, 4.69) is 124 Å². The highest BCUT2D eigenvalue weighted by Gasteiger charge is 2.19. The number of esters is 3. The van der Waals surface area contributed by atoms with Crippen molar-refractivity contribution in [2.45, 2.75) is 232 Å². The molecule has 0 spiro atoms. The number of carbonyl (C=O) groups excluding carboxylic acids is 3. The van der Waals surface area contributed by atoms with Crippen molar-refractivity contribution in [1.82, 2.24) is 0 Å². The Kier molecular flexibility index (Phi) is 49.5. The van der Waals surface area contributed by atoms with Crippen molar-refractivity contribution in [2.24, 2.45) is 0 Å². The normalized spacial score (nSPS) is 13.0. The Morgan fingerprint density at radius 1 is 0.338 bits per heavy atom. The van der Waals surface area contributed by atoms with Crippen molar-refractivity contribution < 1.29 is 28.6 Å². The largest absolute Gasteiger partial charge is 0.462 e. The fourth-order valence-electron chi connectivity index (χ4n) is 6.87. The second-order valence-electron chi connectivity index (χ2n) is 17.1. The van der Waals surface area contributed by atoms with Crippen molar-refractivity contribution >= 4 is 17.9 Å². The molecule has 0 amide bonds. The van der Waals surface area contributed by atoms with Gasteiger partial charge in [-0.25, -0.2) is 0 Å². The van der Waals surface area contributed by atoms with Crippen LogP contribution in [0.15, 0.2) is 109 Å². The molecule has 0 N–H and O–H groups in total. The van der Waals surface area contributed by atoms with E-state index in [1.165, 1.54) is 70.6 Å². The average molecular weight is 901 g/mol. The Bertz CT molecular complexity index is 1360. The summed E-state index contributed by atoms with van der Waals surface area (Å²) < 4.78 is 16.7. The third-order valence-electron chi connectivity index (χ3n) is 10.8. The van der Waals surface area contributed by atoms with Gasteiger partial charge in [0.1, 0.15) is 13.2 Å². The molecule has 0 aliphatic heterocycles. The molecule has 0 aliphatic carbocycles. The minimum Gasteiger partial charge on any atom is -0.462 e. The Morgan fingerprint density at radius 2 is 0.692 bits per heavy atom. The van der Waals surface area contributed by atoms with Crippen molar-refractivity contribution in [2.75, 3.05) is 13.2 Å². The van der Waals surface area contributed by atoms with Gasteiger partial charge in [0.25, 0.3) is 0 Å². The second kappa shape index (κ2) is 52.7. The molecule has 0 saturated carbocycles. The van der Waals surface area contributed by atoms with Gasteiger partial charge in [-0.05, 0) is 96.3 Å². The zero-order valence-electron chi connectivity index (χ0n) is 42.0. The maximum Gasteiger partial charge on any atom is 0.306 e. The van der Waals surface area contributed by atoms with E-state index in [4.69, 9.17) is 14.2 Å². The Balaban J connectivity index is 4.53. The maximum absolute atomic E-state index is 12.8. The molecule has 0 radical (unpaired) electrons. The predicted octanol–water partition coefficient (Wildman–Crippen LogP) is 17.5. The number of hydrogen-bond acceptors (Lipinski definition) is 6.